The topological polar surface area (TPSA) is 63.9 Å². The van der Waals surface area contributed by atoms with Crippen molar-refractivity contribution in [1.82, 2.24) is 10.2 Å². The molecule has 3 aromatic rings. The molecule has 1 aliphatic rings. The van der Waals surface area contributed by atoms with Crippen molar-refractivity contribution in [3.8, 4) is 11.5 Å². The molecular formula is C24H28N2O4. The highest BCUT2D eigenvalue weighted by Crippen LogP contribution is 2.30. The highest BCUT2D eigenvalue weighted by Gasteiger charge is 2.25. The Bertz CT molecular complexity index is 1020. The van der Waals surface area contributed by atoms with Crippen LogP contribution < -0.4 is 14.8 Å². The molecule has 158 valence electrons. The fourth-order valence-corrected chi connectivity index (χ4v) is 4.15. The number of hydrogen-bond acceptors (Lipinski definition) is 5. The Hall–Kier alpha value is -2.99. The number of benzene rings is 2. The van der Waals surface area contributed by atoms with Gasteiger partial charge in [0.1, 0.15) is 17.1 Å². The summed E-state index contributed by atoms with van der Waals surface area (Å²) in [6, 6.07) is 13.8. The number of amides is 1. The van der Waals surface area contributed by atoms with Crippen LogP contribution in [0.1, 0.15) is 40.6 Å². The number of methoxy groups -OCH3 is 2. The molecule has 1 atom stereocenters. The van der Waals surface area contributed by atoms with E-state index in [4.69, 9.17) is 13.9 Å². The molecule has 0 aliphatic carbocycles. The minimum absolute atomic E-state index is 0.118. The van der Waals surface area contributed by atoms with Crippen molar-refractivity contribution in [2.45, 2.75) is 25.8 Å². The van der Waals surface area contributed by atoms with Gasteiger partial charge in [0.05, 0.1) is 20.3 Å². The van der Waals surface area contributed by atoms with E-state index in [2.05, 4.69) is 22.3 Å². The zero-order valence-corrected chi connectivity index (χ0v) is 17.7. The van der Waals surface area contributed by atoms with Crippen molar-refractivity contribution in [3.05, 3.63) is 59.4 Å². The van der Waals surface area contributed by atoms with Crippen molar-refractivity contribution in [1.29, 1.82) is 0 Å². The highest BCUT2D eigenvalue weighted by atomic mass is 16.5. The summed E-state index contributed by atoms with van der Waals surface area (Å²) in [5, 5.41) is 3.99. The first-order chi connectivity index (χ1) is 14.6. The van der Waals surface area contributed by atoms with Crippen LogP contribution in [0.25, 0.3) is 11.0 Å². The van der Waals surface area contributed by atoms with Crippen LogP contribution in [0.4, 0.5) is 0 Å². The Balaban J connectivity index is 1.53. The van der Waals surface area contributed by atoms with E-state index in [0.29, 0.717) is 17.9 Å². The molecule has 0 radical (unpaired) electrons. The van der Waals surface area contributed by atoms with Crippen LogP contribution in [0.15, 0.2) is 46.9 Å². The number of furan rings is 1. The minimum Gasteiger partial charge on any atom is -0.497 e. The van der Waals surface area contributed by atoms with Gasteiger partial charge in [-0.25, -0.2) is 0 Å². The van der Waals surface area contributed by atoms with Crippen LogP contribution >= 0.6 is 0 Å². The lowest BCUT2D eigenvalue weighted by Crippen LogP contribution is -2.36. The molecular weight excluding hydrogens is 380 g/mol. The number of rotatable bonds is 7. The predicted molar refractivity (Wildman–Crippen MR) is 116 cm³/mol. The highest BCUT2D eigenvalue weighted by molar-refractivity contribution is 5.99. The Labute approximate surface area is 176 Å². The van der Waals surface area contributed by atoms with Crippen molar-refractivity contribution in [2.75, 3.05) is 33.9 Å². The molecule has 6 heteroatoms. The third-order valence-corrected chi connectivity index (χ3v) is 5.89. The van der Waals surface area contributed by atoms with Crippen molar-refractivity contribution >= 4 is 16.9 Å². The summed E-state index contributed by atoms with van der Waals surface area (Å²) in [5.41, 5.74) is 2.68. The SMILES string of the molecule is COc1ccc([C@H](CNC(=O)c2oc3ccc(OC)cc3c2C)N2CCCC2)cc1. The Kier molecular flexibility index (Phi) is 5.95. The van der Waals surface area contributed by atoms with E-state index in [9.17, 15) is 4.79 Å². The van der Waals surface area contributed by atoms with Crippen LogP contribution in [0.3, 0.4) is 0 Å². The molecule has 1 aliphatic heterocycles. The van der Waals surface area contributed by atoms with E-state index in [1.807, 2.05) is 37.3 Å². The molecule has 30 heavy (non-hydrogen) atoms. The Morgan fingerprint density at radius 1 is 1.07 bits per heavy atom. The summed E-state index contributed by atoms with van der Waals surface area (Å²) in [7, 11) is 3.29. The first kappa shape index (κ1) is 20.3. The first-order valence-electron chi connectivity index (χ1n) is 10.3. The molecule has 0 spiro atoms. The molecule has 2 heterocycles. The van der Waals surface area contributed by atoms with Crippen molar-refractivity contribution in [3.63, 3.8) is 0 Å². The van der Waals surface area contributed by atoms with Gasteiger partial charge in [-0.3, -0.25) is 9.69 Å². The van der Waals surface area contributed by atoms with Crippen molar-refractivity contribution < 1.29 is 18.7 Å². The molecule has 1 aromatic heterocycles. The summed E-state index contributed by atoms with van der Waals surface area (Å²) < 4.78 is 16.4. The molecule has 1 N–H and O–H groups in total. The molecule has 1 fully saturated rings. The summed E-state index contributed by atoms with van der Waals surface area (Å²) >= 11 is 0. The maximum Gasteiger partial charge on any atom is 0.287 e. The average Bonchev–Trinajstić information content (AvgIpc) is 3.42. The lowest BCUT2D eigenvalue weighted by Gasteiger charge is -2.28. The average molecular weight is 408 g/mol. The quantitative estimate of drug-likeness (QED) is 0.631. The van der Waals surface area contributed by atoms with Gasteiger partial charge in [0, 0.05) is 17.5 Å². The monoisotopic (exact) mass is 408 g/mol. The van der Waals surface area contributed by atoms with Crippen LogP contribution in [-0.2, 0) is 0 Å². The van der Waals surface area contributed by atoms with Crippen LogP contribution in [0.2, 0.25) is 0 Å². The maximum absolute atomic E-state index is 13.0. The van der Waals surface area contributed by atoms with Gasteiger partial charge in [0.2, 0.25) is 0 Å². The number of carbonyl (C=O) groups excluding carboxylic acids is 1. The number of ether oxygens (including phenoxy) is 2. The molecule has 0 bridgehead atoms. The van der Waals surface area contributed by atoms with Gasteiger partial charge < -0.3 is 19.2 Å². The summed E-state index contributed by atoms with van der Waals surface area (Å²) in [6.07, 6.45) is 2.37. The second-order valence-electron chi connectivity index (χ2n) is 7.66. The fraction of sp³-hybridized carbons (Fsp3) is 0.375. The van der Waals surface area contributed by atoms with E-state index >= 15 is 0 Å². The van der Waals surface area contributed by atoms with Gasteiger partial charge in [0.25, 0.3) is 5.91 Å². The van der Waals surface area contributed by atoms with E-state index in [1.54, 1.807) is 14.2 Å². The number of carbonyl (C=O) groups is 1. The lowest BCUT2D eigenvalue weighted by atomic mass is 10.0. The first-order valence-corrected chi connectivity index (χ1v) is 10.3. The third kappa shape index (κ3) is 4.00. The van der Waals surface area contributed by atoms with Gasteiger partial charge in [0.15, 0.2) is 5.76 Å². The van der Waals surface area contributed by atoms with Crippen LogP contribution in [0.5, 0.6) is 11.5 Å². The molecule has 2 aromatic carbocycles. The van der Waals surface area contributed by atoms with Gasteiger partial charge >= 0.3 is 0 Å². The zero-order valence-electron chi connectivity index (χ0n) is 17.7. The van der Waals surface area contributed by atoms with Gasteiger partial charge in [-0.1, -0.05) is 12.1 Å². The minimum atomic E-state index is -0.194. The number of aryl methyl sites for hydroxylation is 1. The van der Waals surface area contributed by atoms with Crippen LogP contribution in [0, 0.1) is 6.92 Å². The Morgan fingerprint density at radius 2 is 1.73 bits per heavy atom. The second kappa shape index (κ2) is 8.79. The number of nitrogens with one attached hydrogen (secondary N) is 1. The summed E-state index contributed by atoms with van der Waals surface area (Å²) in [6.45, 7) is 4.50. The summed E-state index contributed by atoms with van der Waals surface area (Å²) in [4.78, 5) is 15.4. The van der Waals surface area contributed by atoms with Crippen LogP contribution in [-0.4, -0.2) is 44.7 Å². The molecule has 0 saturated carbocycles. The van der Waals surface area contributed by atoms with E-state index in [1.165, 1.54) is 18.4 Å². The van der Waals surface area contributed by atoms with E-state index in [0.717, 1.165) is 35.5 Å². The fourth-order valence-electron chi connectivity index (χ4n) is 4.15. The van der Waals surface area contributed by atoms with E-state index in [-0.39, 0.29) is 11.9 Å². The third-order valence-electron chi connectivity index (χ3n) is 5.89. The van der Waals surface area contributed by atoms with Gasteiger partial charge in [-0.05, 0) is 68.8 Å². The van der Waals surface area contributed by atoms with Gasteiger partial charge in [-0.15, -0.1) is 0 Å². The standard InChI is InChI=1S/C24H28N2O4/c1-16-20-14-19(29-3)10-11-22(20)30-23(16)24(27)25-15-21(26-12-4-5-13-26)17-6-8-18(28-2)9-7-17/h6-11,14,21H,4-5,12-13,15H2,1-3H3,(H,25,27)/t21-/m0/s1. The number of fused-ring (bicyclic) bond motifs is 1. The smallest absolute Gasteiger partial charge is 0.287 e. The molecule has 1 amide bonds. The zero-order chi connectivity index (χ0) is 21.1. The number of nitrogens with zero attached hydrogens (tertiary/aromatic N) is 1. The van der Waals surface area contributed by atoms with E-state index < -0.39 is 0 Å². The summed E-state index contributed by atoms with van der Waals surface area (Å²) in [5.74, 6) is 1.73. The van der Waals surface area contributed by atoms with Crippen molar-refractivity contribution in [2.24, 2.45) is 0 Å². The number of likely N-dealkylation sites (tertiary alicyclic amines) is 1. The largest absolute Gasteiger partial charge is 0.497 e. The second-order valence-corrected chi connectivity index (χ2v) is 7.66. The van der Waals surface area contributed by atoms with Gasteiger partial charge in [-0.2, -0.15) is 0 Å². The maximum atomic E-state index is 13.0. The normalized spacial score (nSPS) is 15.3. The lowest BCUT2D eigenvalue weighted by molar-refractivity contribution is 0.0911. The molecule has 4 rings (SSSR count). The molecule has 0 unspecified atom stereocenters. The predicted octanol–water partition coefficient (Wildman–Crippen LogP) is 4.33. The Morgan fingerprint density at radius 3 is 2.40 bits per heavy atom. The molecule has 1 saturated heterocycles. The molecule has 6 nitrogen and oxygen atoms in total. The number of hydrogen-bond donors (Lipinski definition) is 1.